The molecule has 0 saturated heterocycles. The van der Waals surface area contributed by atoms with E-state index < -0.39 is 5.66 Å². The van der Waals surface area contributed by atoms with Gasteiger partial charge in [-0.3, -0.25) is 14.6 Å². The molecule has 1 fully saturated rings. The highest BCUT2D eigenvalue weighted by molar-refractivity contribution is 6.48. The molecule has 42 heavy (non-hydrogen) atoms. The average Bonchev–Trinajstić information content (AvgIpc) is 3.20. The molecule has 0 radical (unpaired) electrons. The standard InChI is InChI=1S/C33H39Cl2N5O2/c1-5-6-7-28(21-8-10-22(11-9-21)30(41)36-19-25-20-37-39-25)40-31(42)29(23-12-13-26(34)27(35)18-23)38-33(40)16-14-24(15-17-33)32(2,3)4/h8-13,18,20,24,28H,5-7,14-17,19H2,1-4H3,(H,36,41). The molecule has 222 valence electrons. The molecule has 2 heterocycles. The van der Waals surface area contributed by atoms with Gasteiger partial charge >= 0.3 is 0 Å². The fourth-order valence-corrected chi connectivity index (χ4v) is 6.67. The number of carbonyl (C=O) groups is 2. The predicted octanol–water partition coefficient (Wildman–Crippen LogP) is 8.53. The van der Waals surface area contributed by atoms with Gasteiger partial charge < -0.3 is 10.2 Å². The minimum Gasteiger partial charge on any atom is -0.346 e. The highest BCUT2D eigenvalue weighted by Crippen LogP contribution is 2.50. The zero-order chi connectivity index (χ0) is 30.1. The highest BCUT2D eigenvalue weighted by Gasteiger charge is 2.52. The Labute approximate surface area is 258 Å². The molecule has 9 heteroatoms. The summed E-state index contributed by atoms with van der Waals surface area (Å²) < 4.78 is 0. The maximum atomic E-state index is 14.4. The molecule has 2 amide bonds. The molecule has 1 saturated carbocycles. The number of hydrogen-bond donors (Lipinski definition) is 1. The van der Waals surface area contributed by atoms with Crippen LogP contribution in [0, 0.1) is 11.3 Å². The number of azo groups is 1. The van der Waals surface area contributed by atoms with Crippen LogP contribution in [0.2, 0.25) is 10.0 Å². The van der Waals surface area contributed by atoms with Gasteiger partial charge in [-0.25, -0.2) is 0 Å². The molecule has 1 unspecified atom stereocenters. The molecule has 0 aromatic heterocycles. The lowest BCUT2D eigenvalue weighted by Gasteiger charge is -2.47. The third kappa shape index (κ3) is 6.18. The van der Waals surface area contributed by atoms with Crippen molar-refractivity contribution < 1.29 is 9.59 Å². The number of rotatable bonds is 9. The molecule has 3 aliphatic rings. The molecular formula is C33H39Cl2N5O2. The summed E-state index contributed by atoms with van der Waals surface area (Å²) in [4.78, 5) is 34.5. The second kappa shape index (κ2) is 12.3. The van der Waals surface area contributed by atoms with Gasteiger partial charge in [0, 0.05) is 11.1 Å². The Balaban J connectivity index is 1.48. The first kappa shape index (κ1) is 30.4. The quantitative estimate of drug-likeness (QED) is 0.309. The molecule has 2 aliphatic heterocycles. The number of hydrogen-bond acceptors (Lipinski definition) is 5. The van der Waals surface area contributed by atoms with Crippen molar-refractivity contribution in [3.05, 3.63) is 81.1 Å². The number of aliphatic imine (C=N–C) groups is 1. The fraction of sp³-hybridized carbons (Fsp3) is 0.485. The van der Waals surface area contributed by atoms with Crippen molar-refractivity contribution in [2.24, 2.45) is 26.6 Å². The van der Waals surface area contributed by atoms with E-state index in [1.807, 2.05) is 30.3 Å². The Kier molecular flexibility index (Phi) is 8.91. The first-order valence-corrected chi connectivity index (χ1v) is 15.6. The van der Waals surface area contributed by atoms with Gasteiger partial charge in [0.2, 0.25) is 0 Å². The van der Waals surface area contributed by atoms with Gasteiger partial charge in [0.05, 0.1) is 28.8 Å². The summed E-state index contributed by atoms with van der Waals surface area (Å²) >= 11 is 12.6. The van der Waals surface area contributed by atoms with Crippen molar-refractivity contribution in [3.63, 3.8) is 0 Å². The van der Waals surface area contributed by atoms with Crippen LogP contribution in [0.15, 0.2) is 69.6 Å². The van der Waals surface area contributed by atoms with Gasteiger partial charge in [-0.1, -0.05) is 81.9 Å². The van der Waals surface area contributed by atoms with Crippen LogP contribution in [0.3, 0.4) is 0 Å². The molecule has 2 aromatic carbocycles. The monoisotopic (exact) mass is 607 g/mol. The number of halogens is 2. The van der Waals surface area contributed by atoms with E-state index in [1.165, 1.54) is 0 Å². The van der Waals surface area contributed by atoms with Gasteiger partial charge in [-0.15, -0.1) is 0 Å². The van der Waals surface area contributed by atoms with Crippen LogP contribution in [0.1, 0.15) is 100 Å². The highest BCUT2D eigenvalue weighted by atomic mass is 35.5. The van der Waals surface area contributed by atoms with Gasteiger partial charge in [0.1, 0.15) is 17.1 Å². The van der Waals surface area contributed by atoms with Gasteiger partial charge in [0.15, 0.2) is 0 Å². The first-order chi connectivity index (χ1) is 20.0. The van der Waals surface area contributed by atoms with Crippen molar-refractivity contribution >= 4 is 40.7 Å². The second-order valence-corrected chi connectivity index (χ2v) is 13.5. The lowest BCUT2D eigenvalue weighted by atomic mass is 9.69. The van der Waals surface area contributed by atoms with Crippen LogP contribution in [-0.4, -0.2) is 34.6 Å². The van der Waals surface area contributed by atoms with E-state index in [4.69, 9.17) is 28.2 Å². The summed E-state index contributed by atoms with van der Waals surface area (Å²) in [7, 11) is 0. The summed E-state index contributed by atoms with van der Waals surface area (Å²) in [6, 6.07) is 12.8. The molecule has 2 aromatic rings. The molecule has 5 rings (SSSR count). The third-order valence-corrected chi connectivity index (χ3v) is 9.66. The molecule has 1 atom stereocenters. The maximum Gasteiger partial charge on any atom is 0.275 e. The van der Waals surface area contributed by atoms with Crippen LogP contribution in [0.5, 0.6) is 0 Å². The fourth-order valence-electron chi connectivity index (χ4n) is 6.37. The van der Waals surface area contributed by atoms with Crippen LogP contribution in [0.4, 0.5) is 0 Å². The number of nitrogens with one attached hydrogen (secondary N) is 1. The normalized spacial score (nSPS) is 22.6. The van der Waals surface area contributed by atoms with Crippen molar-refractivity contribution in [3.8, 4) is 0 Å². The molecule has 0 bridgehead atoms. The van der Waals surface area contributed by atoms with E-state index in [1.54, 1.807) is 18.3 Å². The van der Waals surface area contributed by atoms with E-state index >= 15 is 0 Å². The second-order valence-electron chi connectivity index (χ2n) is 12.7. The molecule has 1 spiro atoms. The van der Waals surface area contributed by atoms with E-state index in [0.29, 0.717) is 39.3 Å². The summed E-state index contributed by atoms with van der Waals surface area (Å²) in [5.74, 6) is 0.316. The Morgan fingerprint density at radius 3 is 2.36 bits per heavy atom. The van der Waals surface area contributed by atoms with E-state index in [2.05, 4.69) is 48.1 Å². The Morgan fingerprint density at radius 1 is 1.10 bits per heavy atom. The minimum atomic E-state index is -0.625. The van der Waals surface area contributed by atoms with Crippen molar-refractivity contribution in [2.45, 2.75) is 84.3 Å². The van der Waals surface area contributed by atoms with Crippen molar-refractivity contribution in [1.82, 2.24) is 10.2 Å². The maximum absolute atomic E-state index is 14.4. The third-order valence-electron chi connectivity index (χ3n) is 8.92. The molecular weight excluding hydrogens is 569 g/mol. The Morgan fingerprint density at radius 2 is 1.79 bits per heavy atom. The number of unbranched alkanes of at least 4 members (excludes halogenated alkanes) is 1. The first-order valence-electron chi connectivity index (χ1n) is 14.9. The van der Waals surface area contributed by atoms with Crippen LogP contribution >= 0.6 is 23.2 Å². The number of benzene rings is 2. The lowest BCUT2D eigenvalue weighted by Crippen LogP contribution is -2.51. The van der Waals surface area contributed by atoms with Gasteiger partial charge in [-0.05, 0) is 73.3 Å². The summed E-state index contributed by atoms with van der Waals surface area (Å²) in [6.07, 6.45) is 8.02. The van der Waals surface area contributed by atoms with E-state index in [9.17, 15) is 9.59 Å². The van der Waals surface area contributed by atoms with Crippen LogP contribution in [0.25, 0.3) is 0 Å². The van der Waals surface area contributed by atoms with E-state index in [0.717, 1.165) is 56.2 Å². The summed E-state index contributed by atoms with van der Waals surface area (Å²) in [6.45, 7) is 9.40. The Bertz CT molecular complexity index is 1430. The number of amides is 2. The average molecular weight is 609 g/mol. The van der Waals surface area contributed by atoms with Crippen molar-refractivity contribution in [2.75, 3.05) is 6.54 Å². The molecule has 1 aliphatic carbocycles. The van der Waals surface area contributed by atoms with Crippen LogP contribution in [-0.2, 0) is 4.79 Å². The Hall–Kier alpha value is -3.03. The van der Waals surface area contributed by atoms with Gasteiger partial charge in [-0.2, -0.15) is 10.2 Å². The lowest BCUT2D eigenvalue weighted by molar-refractivity contribution is -0.133. The SMILES string of the molecule is CCCCC(c1ccc(C(=O)NCC2=CN=N2)cc1)N1C(=O)C(c2ccc(Cl)c(Cl)c2)=NC12CCC(C(C)(C)C)CC2. The van der Waals surface area contributed by atoms with Crippen LogP contribution < -0.4 is 5.32 Å². The number of carbonyl (C=O) groups excluding carboxylic acids is 2. The van der Waals surface area contributed by atoms with Crippen molar-refractivity contribution in [1.29, 1.82) is 0 Å². The van der Waals surface area contributed by atoms with E-state index in [-0.39, 0.29) is 23.3 Å². The van der Waals surface area contributed by atoms with Gasteiger partial charge in [0.25, 0.3) is 11.8 Å². The largest absolute Gasteiger partial charge is 0.346 e. The zero-order valence-electron chi connectivity index (χ0n) is 24.8. The number of nitrogens with zero attached hydrogens (tertiary/aromatic N) is 4. The summed E-state index contributed by atoms with van der Waals surface area (Å²) in [5.41, 5.74) is 3.02. The minimum absolute atomic E-state index is 0.0755. The smallest absolute Gasteiger partial charge is 0.275 e. The predicted molar refractivity (Wildman–Crippen MR) is 168 cm³/mol. The topological polar surface area (TPSA) is 86.5 Å². The molecule has 1 N–H and O–H groups in total. The zero-order valence-corrected chi connectivity index (χ0v) is 26.3. The molecule has 7 nitrogen and oxygen atoms in total. The summed E-state index contributed by atoms with van der Waals surface area (Å²) in [5, 5.41) is 11.3.